The van der Waals surface area contributed by atoms with Crippen LogP contribution in [0.1, 0.15) is 31.8 Å². The molecule has 0 saturated heterocycles. The Morgan fingerprint density at radius 3 is 2.12 bits per heavy atom. The van der Waals surface area contributed by atoms with Gasteiger partial charge in [-0.1, -0.05) is 6.07 Å². The molecule has 2 aromatic carbocycles. The van der Waals surface area contributed by atoms with E-state index >= 15 is 0 Å². The molecule has 0 atom stereocenters. The average molecular weight is 361 g/mol. The standard InChI is InChI=1S/C18H19NO5S/c1-12-4-5-15(10-13(12)2)18(21)24-11-17(20)14-6-8-16(9-7-14)19-25(3,22)23/h4-10,19H,11H2,1-3H3. The first-order valence-electron chi connectivity index (χ1n) is 7.51. The summed E-state index contributed by atoms with van der Waals surface area (Å²) in [6.07, 6.45) is 1.04. The van der Waals surface area contributed by atoms with Gasteiger partial charge in [-0.05, 0) is 61.4 Å². The Morgan fingerprint density at radius 1 is 0.960 bits per heavy atom. The van der Waals surface area contributed by atoms with Crippen LogP contribution in [0.3, 0.4) is 0 Å². The Bertz CT molecular complexity index is 902. The summed E-state index contributed by atoms with van der Waals surface area (Å²) >= 11 is 0. The van der Waals surface area contributed by atoms with Gasteiger partial charge in [0.1, 0.15) is 0 Å². The predicted molar refractivity (Wildman–Crippen MR) is 95.4 cm³/mol. The number of sulfonamides is 1. The van der Waals surface area contributed by atoms with Crippen molar-refractivity contribution in [3.63, 3.8) is 0 Å². The summed E-state index contributed by atoms with van der Waals surface area (Å²) in [7, 11) is -3.37. The number of rotatable bonds is 6. The van der Waals surface area contributed by atoms with Crippen molar-refractivity contribution in [2.45, 2.75) is 13.8 Å². The Morgan fingerprint density at radius 2 is 1.56 bits per heavy atom. The van der Waals surface area contributed by atoms with E-state index < -0.39 is 16.0 Å². The molecule has 7 heteroatoms. The fourth-order valence-corrected chi connectivity index (χ4v) is 2.67. The van der Waals surface area contributed by atoms with Crippen LogP contribution in [0.2, 0.25) is 0 Å². The molecule has 0 radical (unpaired) electrons. The van der Waals surface area contributed by atoms with E-state index in [0.29, 0.717) is 16.8 Å². The lowest BCUT2D eigenvalue weighted by atomic mass is 10.1. The highest BCUT2D eigenvalue weighted by molar-refractivity contribution is 7.92. The van der Waals surface area contributed by atoms with Gasteiger partial charge in [-0.25, -0.2) is 13.2 Å². The number of esters is 1. The summed E-state index contributed by atoms with van der Waals surface area (Å²) in [5, 5.41) is 0. The van der Waals surface area contributed by atoms with Crippen molar-refractivity contribution in [3.05, 3.63) is 64.7 Å². The number of benzene rings is 2. The summed E-state index contributed by atoms with van der Waals surface area (Å²) in [6.45, 7) is 3.45. The average Bonchev–Trinajstić information content (AvgIpc) is 2.54. The number of carbonyl (C=O) groups is 2. The zero-order chi connectivity index (χ0) is 18.6. The summed E-state index contributed by atoms with van der Waals surface area (Å²) in [6, 6.07) is 11.1. The molecule has 0 aliphatic rings. The molecule has 0 unspecified atom stereocenters. The molecule has 25 heavy (non-hydrogen) atoms. The fourth-order valence-electron chi connectivity index (χ4n) is 2.10. The van der Waals surface area contributed by atoms with Crippen molar-refractivity contribution >= 4 is 27.5 Å². The number of ketones is 1. The zero-order valence-corrected chi connectivity index (χ0v) is 15.0. The van der Waals surface area contributed by atoms with E-state index in [4.69, 9.17) is 4.74 Å². The van der Waals surface area contributed by atoms with Crippen molar-refractivity contribution in [1.82, 2.24) is 0 Å². The fraction of sp³-hybridized carbons (Fsp3) is 0.222. The number of aryl methyl sites for hydroxylation is 2. The number of hydrogen-bond acceptors (Lipinski definition) is 5. The molecule has 0 amide bonds. The monoisotopic (exact) mass is 361 g/mol. The van der Waals surface area contributed by atoms with E-state index in [-0.39, 0.29) is 12.4 Å². The summed E-state index contributed by atoms with van der Waals surface area (Å²) in [5.41, 5.74) is 3.10. The second-order valence-corrected chi connectivity index (χ2v) is 7.50. The van der Waals surface area contributed by atoms with Crippen LogP contribution in [-0.4, -0.2) is 33.0 Å². The number of hydrogen-bond donors (Lipinski definition) is 1. The van der Waals surface area contributed by atoms with E-state index in [1.54, 1.807) is 12.1 Å². The number of carbonyl (C=O) groups excluding carboxylic acids is 2. The molecule has 132 valence electrons. The number of anilines is 1. The maximum atomic E-state index is 12.1. The van der Waals surface area contributed by atoms with Crippen molar-refractivity contribution in [2.24, 2.45) is 0 Å². The second-order valence-electron chi connectivity index (χ2n) is 5.75. The topological polar surface area (TPSA) is 89.5 Å². The van der Waals surface area contributed by atoms with Crippen LogP contribution in [-0.2, 0) is 14.8 Å². The SMILES string of the molecule is Cc1ccc(C(=O)OCC(=O)c2ccc(NS(C)(=O)=O)cc2)cc1C. The third-order valence-corrected chi connectivity index (χ3v) is 4.19. The maximum Gasteiger partial charge on any atom is 0.338 e. The molecule has 0 aliphatic carbocycles. The second kappa shape index (κ2) is 7.48. The lowest BCUT2D eigenvalue weighted by molar-refractivity contribution is 0.0474. The molecule has 6 nitrogen and oxygen atoms in total. The Labute approximate surface area is 146 Å². The van der Waals surface area contributed by atoms with E-state index in [0.717, 1.165) is 17.4 Å². The highest BCUT2D eigenvalue weighted by atomic mass is 32.2. The molecule has 2 rings (SSSR count). The normalized spacial score (nSPS) is 11.0. The smallest absolute Gasteiger partial charge is 0.338 e. The van der Waals surface area contributed by atoms with Crippen molar-refractivity contribution in [1.29, 1.82) is 0 Å². The Kier molecular flexibility index (Phi) is 5.58. The van der Waals surface area contributed by atoms with Gasteiger partial charge < -0.3 is 4.74 Å². The zero-order valence-electron chi connectivity index (χ0n) is 14.2. The van der Waals surface area contributed by atoms with Crippen LogP contribution in [0.15, 0.2) is 42.5 Å². The predicted octanol–water partition coefficient (Wildman–Crippen LogP) is 2.71. The minimum absolute atomic E-state index is 0.326. The molecule has 1 N–H and O–H groups in total. The van der Waals surface area contributed by atoms with Crippen LogP contribution >= 0.6 is 0 Å². The first-order valence-corrected chi connectivity index (χ1v) is 9.40. The first kappa shape index (κ1) is 18.7. The minimum Gasteiger partial charge on any atom is -0.454 e. The minimum atomic E-state index is -3.37. The van der Waals surface area contributed by atoms with Crippen LogP contribution in [0, 0.1) is 13.8 Å². The van der Waals surface area contributed by atoms with Crippen molar-refractivity contribution < 1.29 is 22.7 Å². The third kappa shape index (κ3) is 5.42. The van der Waals surface area contributed by atoms with Gasteiger partial charge in [0.05, 0.1) is 11.8 Å². The van der Waals surface area contributed by atoms with Gasteiger partial charge in [0, 0.05) is 11.3 Å². The molecule has 0 spiro atoms. The number of ether oxygens (including phenoxy) is 1. The van der Waals surface area contributed by atoms with Crippen LogP contribution < -0.4 is 4.72 Å². The lowest BCUT2D eigenvalue weighted by Crippen LogP contribution is -2.15. The molecule has 0 saturated carbocycles. The third-order valence-electron chi connectivity index (χ3n) is 3.59. The molecule has 2 aromatic rings. The molecular formula is C18H19NO5S. The van der Waals surface area contributed by atoms with Gasteiger partial charge in [-0.3, -0.25) is 9.52 Å². The van der Waals surface area contributed by atoms with Crippen molar-refractivity contribution in [3.8, 4) is 0 Å². The van der Waals surface area contributed by atoms with Gasteiger partial charge in [-0.2, -0.15) is 0 Å². The van der Waals surface area contributed by atoms with E-state index in [1.807, 2.05) is 19.9 Å². The van der Waals surface area contributed by atoms with Crippen LogP contribution in [0.25, 0.3) is 0 Å². The molecule has 0 bridgehead atoms. The van der Waals surface area contributed by atoms with E-state index in [1.165, 1.54) is 24.3 Å². The highest BCUT2D eigenvalue weighted by Crippen LogP contribution is 2.13. The Hall–Kier alpha value is -2.67. The van der Waals surface area contributed by atoms with E-state index in [9.17, 15) is 18.0 Å². The molecule has 0 aliphatic heterocycles. The van der Waals surface area contributed by atoms with Gasteiger partial charge in [-0.15, -0.1) is 0 Å². The quantitative estimate of drug-likeness (QED) is 0.631. The summed E-state index contributed by atoms with van der Waals surface area (Å²) in [5.74, 6) is -0.935. The molecular weight excluding hydrogens is 342 g/mol. The molecule has 0 aromatic heterocycles. The molecule has 0 heterocycles. The highest BCUT2D eigenvalue weighted by Gasteiger charge is 2.13. The molecule has 0 fully saturated rings. The van der Waals surface area contributed by atoms with Crippen LogP contribution in [0.5, 0.6) is 0 Å². The van der Waals surface area contributed by atoms with Gasteiger partial charge in [0.2, 0.25) is 10.0 Å². The lowest BCUT2D eigenvalue weighted by Gasteiger charge is -2.07. The number of Topliss-reactive ketones (excluding diaryl/α,β-unsaturated/α-hetero) is 1. The summed E-state index contributed by atoms with van der Waals surface area (Å²) in [4.78, 5) is 24.1. The van der Waals surface area contributed by atoms with Gasteiger partial charge in [0.15, 0.2) is 12.4 Å². The van der Waals surface area contributed by atoms with Gasteiger partial charge >= 0.3 is 5.97 Å². The first-order chi connectivity index (χ1) is 11.7. The van der Waals surface area contributed by atoms with Crippen molar-refractivity contribution in [2.75, 3.05) is 17.6 Å². The largest absolute Gasteiger partial charge is 0.454 e. The van der Waals surface area contributed by atoms with E-state index in [2.05, 4.69) is 4.72 Å². The maximum absolute atomic E-state index is 12.1. The van der Waals surface area contributed by atoms with Gasteiger partial charge in [0.25, 0.3) is 0 Å². The summed E-state index contributed by atoms with van der Waals surface area (Å²) < 4.78 is 29.6. The number of nitrogens with one attached hydrogen (secondary N) is 1. The van der Waals surface area contributed by atoms with Crippen LogP contribution in [0.4, 0.5) is 5.69 Å². The Balaban J connectivity index is 1.97.